The number of nitriles is 1. The van der Waals surface area contributed by atoms with Crippen molar-refractivity contribution in [2.24, 2.45) is 0 Å². The summed E-state index contributed by atoms with van der Waals surface area (Å²) in [6, 6.07) is 2.78. The predicted molar refractivity (Wildman–Crippen MR) is 49.6 cm³/mol. The third-order valence-corrected chi connectivity index (χ3v) is 2.49. The highest BCUT2D eigenvalue weighted by molar-refractivity contribution is 5.05. The average Bonchev–Trinajstić information content (AvgIpc) is 2.05. The van der Waals surface area contributed by atoms with Crippen LogP contribution in [-0.4, -0.2) is 24.5 Å². The van der Waals surface area contributed by atoms with E-state index in [9.17, 15) is 0 Å². The summed E-state index contributed by atoms with van der Waals surface area (Å²) in [6.07, 6.45) is 5.82. The van der Waals surface area contributed by atoms with Gasteiger partial charge in [-0.05, 0) is 33.2 Å². The number of allylic oxidation sites excluding steroid dienone is 1. The Kier molecular flexibility index (Phi) is 3.31. The molecule has 0 aliphatic heterocycles. The Morgan fingerprint density at radius 1 is 1.75 bits per heavy atom. The normalized spacial score (nSPS) is 23.5. The molecular weight excluding hydrogens is 148 g/mol. The van der Waals surface area contributed by atoms with Gasteiger partial charge in [-0.1, -0.05) is 11.6 Å². The lowest BCUT2D eigenvalue weighted by molar-refractivity contribution is 0.248. The molecule has 0 saturated heterocycles. The maximum absolute atomic E-state index is 8.53. The highest BCUT2D eigenvalue weighted by Crippen LogP contribution is 2.21. The lowest BCUT2D eigenvalue weighted by Crippen LogP contribution is -2.33. The molecule has 0 aromatic rings. The second-order valence-corrected chi connectivity index (χ2v) is 3.56. The van der Waals surface area contributed by atoms with E-state index in [0.29, 0.717) is 12.6 Å². The van der Waals surface area contributed by atoms with Crippen molar-refractivity contribution in [1.29, 1.82) is 5.26 Å². The van der Waals surface area contributed by atoms with Crippen LogP contribution in [0.15, 0.2) is 11.6 Å². The minimum absolute atomic E-state index is 0.554. The first-order valence-corrected chi connectivity index (χ1v) is 4.47. The van der Waals surface area contributed by atoms with Gasteiger partial charge in [0, 0.05) is 6.04 Å². The van der Waals surface area contributed by atoms with Gasteiger partial charge >= 0.3 is 0 Å². The smallest absolute Gasteiger partial charge is 0.0866 e. The largest absolute Gasteiger partial charge is 0.290 e. The molecule has 12 heavy (non-hydrogen) atoms. The van der Waals surface area contributed by atoms with Crippen molar-refractivity contribution in [1.82, 2.24) is 4.90 Å². The van der Waals surface area contributed by atoms with E-state index in [1.807, 2.05) is 7.05 Å². The van der Waals surface area contributed by atoms with Crippen molar-refractivity contribution in [3.8, 4) is 6.07 Å². The molecule has 0 aromatic heterocycles. The summed E-state index contributed by atoms with van der Waals surface area (Å²) < 4.78 is 0. The van der Waals surface area contributed by atoms with Gasteiger partial charge in [-0.3, -0.25) is 4.90 Å². The van der Waals surface area contributed by atoms with Gasteiger partial charge in [0.05, 0.1) is 12.6 Å². The highest BCUT2D eigenvalue weighted by atomic mass is 15.1. The second kappa shape index (κ2) is 4.27. The van der Waals surface area contributed by atoms with Crippen LogP contribution >= 0.6 is 0 Å². The number of hydrogen-bond acceptors (Lipinski definition) is 2. The molecule has 0 N–H and O–H groups in total. The molecule has 1 aliphatic carbocycles. The molecule has 0 aromatic carbocycles. The molecule has 2 nitrogen and oxygen atoms in total. The molecule has 0 bridgehead atoms. The van der Waals surface area contributed by atoms with Crippen LogP contribution in [0.3, 0.4) is 0 Å². The van der Waals surface area contributed by atoms with E-state index in [0.717, 1.165) is 6.42 Å². The van der Waals surface area contributed by atoms with Crippen LogP contribution in [0.25, 0.3) is 0 Å². The molecule has 2 heteroatoms. The maximum Gasteiger partial charge on any atom is 0.0866 e. The van der Waals surface area contributed by atoms with Crippen molar-refractivity contribution in [3.63, 3.8) is 0 Å². The molecule has 0 heterocycles. The molecule has 1 unspecified atom stereocenters. The summed E-state index contributed by atoms with van der Waals surface area (Å²) in [6.45, 7) is 2.73. The van der Waals surface area contributed by atoms with Crippen LogP contribution in [0.2, 0.25) is 0 Å². The first-order chi connectivity index (χ1) is 5.74. The number of rotatable bonds is 2. The third-order valence-electron chi connectivity index (χ3n) is 2.49. The average molecular weight is 164 g/mol. The van der Waals surface area contributed by atoms with Crippen molar-refractivity contribution in [2.45, 2.75) is 32.2 Å². The Hall–Kier alpha value is -0.810. The Bertz CT molecular complexity index is 212. The van der Waals surface area contributed by atoms with Gasteiger partial charge in [0.1, 0.15) is 0 Å². The van der Waals surface area contributed by atoms with Gasteiger partial charge < -0.3 is 0 Å². The SMILES string of the molecule is CC1=CCCC(N(C)CC#N)C1. The second-order valence-electron chi connectivity index (χ2n) is 3.56. The van der Waals surface area contributed by atoms with Gasteiger partial charge in [0.25, 0.3) is 0 Å². The summed E-state index contributed by atoms with van der Waals surface area (Å²) in [5.41, 5.74) is 1.47. The van der Waals surface area contributed by atoms with Crippen molar-refractivity contribution < 1.29 is 0 Å². The Morgan fingerprint density at radius 3 is 3.08 bits per heavy atom. The fourth-order valence-corrected chi connectivity index (χ4v) is 1.70. The summed E-state index contributed by atoms with van der Waals surface area (Å²) in [5, 5.41) is 8.53. The van der Waals surface area contributed by atoms with Crippen LogP contribution in [-0.2, 0) is 0 Å². The molecule has 0 spiro atoms. The van der Waals surface area contributed by atoms with Crippen molar-refractivity contribution in [2.75, 3.05) is 13.6 Å². The topological polar surface area (TPSA) is 27.0 Å². The maximum atomic E-state index is 8.53. The van der Waals surface area contributed by atoms with E-state index < -0.39 is 0 Å². The Balaban J connectivity index is 2.44. The van der Waals surface area contributed by atoms with Crippen LogP contribution in [0.1, 0.15) is 26.2 Å². The molecule has 1 rings (SSSR count). The number of hydrogen-bond donors (Lipinski definition) is 0. The van der Waals surface area contributed by atoms with Crippen molar-refractivity contribution in [3.05, 3.63) is 11.6 Å². The van der Waals surface area contributed by atoms with E-state index in [1.54, 1.807) is 0 Å². The summed E-state index contributed by atoms with van der Waals surface area (Å²) in [5.74, 6) is 0. The van der Waals surface area contributed by atoms with Gasteiger partial charge in [-0.25, -0.2) is 0 Å². The summed E-state index contributed by atoms with van der Waals surface area (Å²) in [4.78, 5) is 2.15. The summed E-state index contributed by atoms with van der Waals surface area (Å²) >= 11 is 0. The molecule has 0 saturated carbocycles. The van der Waals surface area contributed by atoms with E-state index in [1.165, 1.54) is 18.4 Å². The summed E-state index contributed by atoms with van der Waals surface area (Å²) in [7, 11) is 2.03. The molecule has 66 valence electrons. The van der Waals surface area contributed by atoms with E-state index in [2.05, 4.69) is 24.0 Å². The molecule has 0 fully saturated rings. The first kappa shape index (κ1) is 9.28. The standard InChI is InChI=1S/C10H16N2/c1-9-4-3-5-10(8-9)12(2)7-6-11/h4,10H,3,5,7-8H2,1-2H3. The molecular formula is C10H16N2. The molecule has 1 aliphatic rings. The fourth-order valence-electron chi connectivity index (χ4n) is 1.70. The monoisotopic (exact) mass is 164 g/mol. The van der Waals surface area contributed by atoms with E-state index >= 15 is 0 Å². The zero-order valence-electron chi connectivity index (χ0n) is 7.88. The lowest BCUT2D eigenvalue weighted by atomic mass is 9.95. The van der Waals surface area contributed by atoms with Crippen molar-refractivity contribution >= 4 is 0 Å². The van der Waals surface area contributed by atoms with Gasteiger partial charge in [-0.15, -0.1) is 0 Å². The zero-order valence-corrected chi connectivity index (χ0v) is 7.88. The van der Waals surface area contributed by atoms with E-state index in [4.69, 9.17) is 5.26 Å². The predicted octanol–water partition coefficient (Wildman–Crippen LogP) is 1.94. The van der Waals surface area contributed by atoms with Crippen LogP contribution in [0.5, 0.6) is 0 Å². The Morgan fingerprint density at radius 2 is 2.50 bits per heavy atom. The molecule has 1 atom stereocenters. The van der Waals surface area contributed by atoms with Crippen LogP contribution < -0.4 is 0 Å². The molecule has 0 radical (unpaired) electrons. The van der Waals surface area contributed by atoms with Gasteiger partial charge in [0.2, 0.25) is 0 Å². The van der Waals surface area contributed by atoms with Crippen LogP contribution in [0, 0.1) is 11.3 Å². The zero-order chi connectivity index (χ0) is 8.97. The fraction of sp³-hybridized carbons (Fsp3) is 0.700. The van der Waals surface area contributed by atoms with Gasteiger partial charge in [-0.2, -0.15) is 5.26 Å². The van der Waals surface area contributed by atoms with Gasteiger partial charge in [0.15, 0.2) is 0 Å². The quantitative estimate of drug-likeness (QED) is 0.460. The Labute approximate surface area is 74.5 Å². The van der Waals surface area contributed by atoms with E-state index in [-0.39, 0.29) is 0 Å². The minimum atomic E-state index is 0.554. The number of nitrogens with zero attached hydrogens (tertiary/aromatic N) is 2. The third kappa shape index (κ3) is 2.35. The van der Waals surface area contributed by atoms with Crippen LogP contribution in [0.4, 0.5) is 0 Å². The molecule has 0 amide bonds. The highest BCUT2D eigenvalue weighted by Gasteiger charge is 2.16. The lowest BCUT2D eigenvalue weighted by Gasteiger charge is -2.28. The minimum Gasteiger partial charge on any atom is -0.290 e. The first-order valence-electron chi connectivity index (χ1n) is 4.47.